The monoisotopic (exact) mass is 334 g/mol. The molecule has 3 rings (SSSR count). The maximum atomic E-state index is 12.8. The lowest BCUT2D eigenvalue weighted by molar-refractivity contribution is 0.0178. The highest BCUT2D eigenvalue weighted by molar-refractivity contribution is 5.71. The van der Waals surface area contributed by atoms with Crippen molar-refractivity contribution in [3.05, 3.63) is 70.8 Å². The normalized spacial score (nSPS) is 16.7. The number of nitriles is 1. The topological polar surface area (TPSA) is 53.3 Å². The number of carbonyl (C=O) groups is 1. The van der Waals surface area contributed by atoms with Gasteiger partial charge in [-0.25, -0.2) is 4.79 Å². The number of nitrogens with zero attached hydrogens (tertiary/aromatic N) is 2. The smallest absolute Gasteiger partial charge is 0.411 e. The van der Waals surface area contributed by atoms with Gasteiger partial charge in [0.1, 0.15) is 5.60 Å². The zero-order chi connectivity index (χ0) is 18.0. The number of fused-ring (bicyclic) bond motifs is 1. The zero-order valence-electron chi connectivity index (χ0n) is 14.8. The van der Waals surface area contributed by atoms with Crippen molar-refractivity contribution in [2.45, 2.75) is 38.8 Å². The summed E-state index contributed by atoms with van der Waals surface area (Å²) in [6.45, 7) is 6.15. The maximum absolute atomic E-state index is 12.8. The Kier molecular flexibility index (Phi) is 4.50. The molecule has 1 heterocycles. The molecule has 1 amide bonds. The molecule has 2 aromatic carbocycles. The number of hydrogen-bond acceptors (Lipinski definition) is 3. The van der Waals surface area contributed by atoms with Gasteiger partial charge in [0.15, 0.2) is 0 Å². The summed E-state index contributed by atoms with van der Waals surface area (Å²) in [5, 5.41) is 9.58. The molecule has 4 heteroatoms. The second-order valence-corrected chi connectivity index (χ2v) is 7.23. The van der Waals surface area contributed by atoms with Gasteiger partial charge in [-0.15, -0.1) is 0 Å². The number of rotatable bonds is 1. The summed E-state index contributed by atoms with van der Waals surface area (Å²) in [7, 11) is 0. The second-order valence-electron chi connectivity index (χ2n) is 7.23. The summed E-state index contributed by atoms with van der Waals surface area (Å²) in [5.41, 5.74) is 3.06. The molecule has 1 aliphatic heterocycles. The first kappa shape index (κ1) is 17.0. The van der Waals surface area contributed by atoms with Gasteiger partial charge >= 0.3 is 6.09 Å². The Morgan fingerprint density at radius 2 is 1.88 bits per heavy atom. The summed E-state index contributed by atoms with van der Waals surface area (Å²) < 4.78 is 5.62. The predicted octanol–water partition coefficient (Wildman–Crippen LogP) is 4.44. The van der Waals surface area contributed by atoms with Crippen molar-refractivity contribution >= 4 is 6.09 Å². The molecule has 25 heavy (non-hydrogen) atoms. The van der Waals surface area contributed by atoms with E-state index in [0.29, 0.717) is 18.5 Å². The molecule has 0 unspecified atom stereocenters. The highest BCUT2D eigenvalue weighted by Crippen LogP contribution is 2.37. The van der Waals surface area contributed by atoms with Crippen molar-refractivity contribution in [2.75, 3.05) is 6.54 Å². The highest BCUT2D eigenvalue weighted by atomic mass is 16.6. The third kappa shape index (κ3) is 3.51. The van der Waals surface area contributed by atoms with E-state index in [0.717, 1.165) is 16.7 Å². The molecular weight excluding hydrogens is 312 g/mol. The van der Waals surface area contributed by atoms with Crippen molar-refractivity contribution in [1.29, 1.82) is 5.26 Å². The Morgan fingerprint density at radius 1 is 1.16 bits per heavy atom. The van der Waals surface area contributed by atoms with Gasteiger partial charge in [-0.1, -0.05) is 42.5 Å². The third-order valence-electron chi connectivity index (χ3n) is 4.27. The quantitative estimate of drug-likeness (QED) is 0.774. The van der Waals surface area contributed by atoms with Crippen LogP contribution in [0.1, 0.15) is 49.1 Å². The van der Waals surface area contributed by atoms with E-state index in [2.05, 4.69) is 6.07 Å². The fraction of sp³-hybridized carbons (Fsp3) is 0.333. The lowest BCUT2D eigenvalue weighted by atomic mass is 9.85. The number of amides is 1. The van der Waals surface area contributed by atoms with E-state index < -0.39 is 5.60 Å². The summed E-state index contributed by atoms with van der Waals surface area (Å²) in [6.07, 6.45) is 0.368. The van der Waals surface area contributed by atoms with E-state index in [9.17, 15) is 10.1 Å². The molecule has 0 radical (unpaired) electrons. The summed E-state index contributed by atoms with van der Waals surface area (Å²) in [5.74, 6) is 0. The molecular formula is C21H22N2O2. The third-order valence-corrected chi connectivity index (χ3v) is 4.27. The van der Waals surface area contributed by atoms with Crippen LogP contribution in [0.25, 0.3) is 0 Å². The minimum Gasteiger partial charge on any atom is -0.444 e. The molecule has 0 aromatic heterocycles. The average molecular weight is 334 g/mol. The van der Waals surface area contributed by atoms with Gasteiger partial charge in [0.05, 0.1) is 17.7 Å². The number of carbonyl (C=O) groups excluding carboxylic acids is 1. The standard InChI is InChI=1S/C21H22N2O2/c1-21(2,3)25-20(24)23-13-12-15-10-7-11-17(14-22)18(15)19(23)16-8-5-4-6-9-16/h4-11,19H,12-13H2,1-3H3/t19-/m0/s1. The Bertz CT molecular complexity index is 816. The van der Waals surface area contributed by atoms with Crippen LogP contribution in [-0.4, -0.2) is 23.1 Å². The minimum absolute atomic E-state index is 0.310. The molecule has 128 valence electrons. The van der Waals surface area contributed by atoms with Crippen LogP contribution in [0.3, 0.4) is 0 Å². The van der Waals surface area contributed by atoms with E-state index in [1.54, 1.807) is 4.90 Å². The van der Waals surface area contributed by atoms with Crippen LogP contribution >= 0.6 is 0 Å². The predicted molar refractivity (Wildman–Crippen MR) is 96.1 cm³/mol. The molecule has 0 spiro atoms. The van der Waals surface area contributed by atoms with Crippen LogP contribution in [-0.2, 0) is 11.2 Å². The molecule has 0 saturated carbocycles. The molecule has 0 fully saturated rings. The van der Waals surface area contributed by atoms with E-state index in [1.807, 2.05) is 69.3 Å². The fourth-order valence-corrected chi connectivity index (χ4v) is 3.28. The van der Waals surface area contributed by atoms with Crippen LogP contribution in [0.15, 0.2) is 48.5 Å². The lowest BCUT2D eigenvalue weighted by Gasteiger charge is -2.38. The first-order valence-electron chi connectivity index (χ1n) is 8.47. The van der Waals surface area contributed by atoms with E-state index in [4.69, 9.17) is 4.74 Å². The first-order chi connectivity index (χ1) is 11.9. The van der Waals surface area contributed by atoms with Crippen molar-refractivity contribution < 1.29 is 9.53 Å². The second kappa shape index (κ2) is 6.60. The van der Waals surface area contributed by atoms with Crippen molar-refractivity contribution in [2.24, 2.45) is 0 Å². The SMILES string of the molecule is CC(C)(C)OC(=O)N1CCc2cccc(C#N)c2[C@@H]1c1ccccc1. The minimum atomic E-state index is -0.562. The average Bonchev–Trinajstić information content (AvgIpc) is 2.59. The van der Waals surface area contributed by atoms with Gasteiger partial charge in [0, 0.05) is 12.1 Å². The molecule has 0 saturated heterocycles. The first-order valence-corrected chi connectivity index (χ1v) is 8.47. The van der Waals surface area contributed by atoms with E-state index in [-0.39, 0.29) is 12.1 Å². The molecule has 0 bridgehead atoms. The Balaban J connectivity index is 2.11. The molecule has 2 aromatic rings. The number of benzene rings is 2. The Hall–Kier alpha value is -2.80. The molecule has 1 atom stereocenters. The molecule has 4 nitrogen and oxygen atoms in total. The Morgan fingerprint density at radius 3 is 2.52 bits per heavy atom. The molecule has 0 aliphatic carbocycles. The van der Waals surface area contributed by atoms with Crippen molar-refractivity contribution in [3.8, 4) is 6.07 Å². The van der Waals surface area contributed by atoms with E-state index >= 15 is 0 Å². The van der Waals surface area contributed by atoms with Crippen LogP contribution in [0, 0.1) is 11.3 Å². The van der Waals surface area contributed by atoms with Crippen LogP contribution in [0.2, 0.25) is 0 Å². The number of ether oxygens (including phenoxy) is 1. The van der Waals surface area contributed by atoms with Crippen LogP contribution < -0.4 is 0 Å². The Labute approximate surface area is 148 Å². The van der Waals surface area contributed by atoms with Gasteiger partial charge in [-0.3, -0.25) is 4.90 Å². The van der Waals surface area contributed by atoms with Crippen LogP contribution in [0.4, 0.5) is 4.79 Å². The number of hydrogen-bond donors (Lipinski definition) is 0. The van der Waals surface area contributed by atoms with Gasteiger partial charge in [0.25, 0.3) is 0 Å². The van der Waals surface area contributed by atoms with E-state index in [1.165, 1.54) is 0 Å². The highest BCUT2D eigenvalue weighted by Gasteiger charge is 2.36. The molecule has 0 N–H and O–H groups in total. The molecule has 1 aliphatic rings. The van der Waals surface area contributed by atoms with Gasteiger partial charge in [-0.05, 0) is 44.4 Å². The van der Waals surface area contributed by atoms with Crippen molar-refractivity contribution in [3.63, 3.8) is 0 Å². The van der Waals surface area contributed by atoms with Gasteiger partial charge < -0.3 is 4.74 Å². The zero-order valence-corrected chi connectivity index (χ0v) is 14.8. The van der Waals surface area contributed by atoms with Gasteiger partial charge in [-0.2, -0.15) is 5.26 Å². The maximum Gasteiger partial charge on any atom is 0.411 e. The summed E-state index contributed by atoms with van der Waals surface area (Å²) in [4.78, 5) is 14.6. The summed E-state index contributed by atoms with van der Waals surface area (Å²) >= 11 is 0. The summed E-state index contributed by atoms with van der Waals surface area (Å²) in [6, 6.07) is 17.6. The van der Waals surface area contributed by atoms with Crippen molar-refractivity contribution in [1.82, 2.24) is 4.90 Å². The fourth-order valence-electron chi connectivity index (χ4n) is 3.28. The van der Waals surface area contributed by atoms with Crippen LogP contribution in [0.5, 0.6) is 0 Å². The largest absolute Gasteiger partial charge is 0.444 e. The lowest BCUT2D eigenvalue weighted by Crippen LogP contribution is -2.43. The van der Waals surface area contributed by atoms with Gasteiger partial charge in [0.2, 0.25) is 0 Å².